The summed E-state index contributed by atoms with van der Waals surface area (Å²) >= 11 is 6.04. The third-order valence-electron chi connectivity index (χ3n) is 3.70. The Morgan fingerprint density at radius 1 is 1.15 bits per heavy atom. The molecule has 0 aliphatic rings. The van der Waals surface area contributed by atoms with Gasteiger partial charge in [0, 0.05) is 11.6 Å². The average molecular weight is 374 g/mol. The third-order valence-corrected chi connectivity index (χ3v) is 3.94. The molecule has 1 amide bonds. The highest BCUT2D eigenvalue weighted by Crippen LogP contribution is 2.27. The van der Waals surface area contributed by atoms with E-state index in [-0.39, 0.29) is 5.91 Å². The zero-order valence-corrected chi connectivity index (χ0v) is 14.9. The van der Waals surface area contributed by atoms with E-state index in [2.05, 4.69) is 20.8 Å². The van der Waals surface area contributed by atoms with Gasteiger partial charge in [-0.15, -0.1) is 5.10 Å². The smallest absolute Gasteiger partial charge is 0.253 e. The molecule has 9 heteroatoms. The molecule has 26 heavy (non-hydrogen) atoms. The first-order chi connectivity index (χ1) is 12.6. The first-order valence-electron chi connectivity index (χ1n) is 7.64. The Balaban J connectivity index is 1.80. The number of tetrazole rings is 1. The Kier molecular flexibility index (Phi) is 5.33. The van der Waals surface area contributed by atoms with Crippen molar-refractivity contribution in [3.05, 3.63) is 58.9 Å². The number of ether oxygens (including phenoxy) is 2. The van der Waals surface area contributed by atoms with Crippen LogP contribution < -0.4 is 14.8 Å². The number of amides is 1. The third kappa shape index (κ3) is 3.75. The molecule has 0 bridgehead atoms. The summed E-state index contributed by atoms with van der Waals surface area (Å²) in [7, 11) is 3.13. The number of rotatable bonds is 6. The Morgan fingerprint density at radius 3 is 2.65 bits per heavy atom. The van der Waals surface area contributed by atoms with E-state index in [1.54, 1.807) is 44.6 Å². The molecule has 0 spiro atoms. The van der Waals surface area contributed by atoms with Gasteiger partial charge in [-0.3, -0.25) is 4.79 Å². The molecule has 0 saturated carbocycles. The lowest BCUT2D eigenvalue weighted by Gasteiger charge is -2.12. The lowest BCUT2D eigenvalue weighted by molar-refractivity contribution is 0.0950. The second-order valence-electron chi connectivity index (χ2n) is 5.29. The minimum atomic E-state index is -0.298. The summed E-state index contributed by atoms with van der Waals surface area (Å²) in [5.41, 5.74) is 1.76. The van der Waals surface area contributed by atoms with Crippen molar-refractivity contribution < 1.29 is 14.3 Å². The highest BCUT2D eigenvalue weighted by atomic mass is 35.5. The number of benzene rings is 2. The fourth-order valence-corrected chi connectivity index (χ4v) is 2.60. The largest absolute Gasteiger partial charge is 0.493 e. The molecule has 0 radical (unpaired) electrons. The first kappa shape index (κ1) is 17.7. The normalized spacial score (nSPS) is 10.4. The lowest BCUT2D eigenvalue weighted by atomic mass is 10.1. The van der Waals surface area contributed by atoms with Gasteiger partial charge in [-0.25, -0.2) is 0 Å². The van der Waals surface area contributed by atoms with E-state index in [1.807, 2.05) is 6.07 Å². The Morgan fingerprint density at radius 2 is 1.96 bits per heavy atom. The van der Waals surface area contributed by atoms with Gasteiger partial charge < -0.3 is 14.8 Å². The van der Waals surface area contributed by atoms with Crippen molar-refractivity contribution in [2.45, 2.75) is 6.54 Å². The summed E-state index contributed by atoms with van der Waals surface area (Å²) in [5.74, 6) is 0.919. The van der Waals surface area contributed by atoms with E-state index in [9.17, 15) is 4.79 Å². The molecule has 3 aromatic rings. The molecule has 0 fully saturated rings. The first-order valence-corrected chi connectivity index (χ1v) is 8.02. The van der Waals surface area contributed by atoms with Gasteiger partial charge in [-0.05, 0) is 46.3 Å². The maximum atomic E-state index is 12.7. The summed E-state index contributed by atoms with van der Waals surface area (Å²) in [6.45, 7) is 0.306. The van der Waals surface area contributed by atoms with E-state index in [1.165, 1.54) is 11.0 Å². The van der Waals surface area contributed by atoms with Crippen LogP contribution in [0.1, 0.15) is 15.9 Å². The predicted molar refractivity (Wildman–Crippen MR) is 94.9 cm³/mol. The van der Waals surface area contributed by atoms with Gasteiger partial charge in [-0.2, -0.15) is 4.68 Å². The Bertz CT molecular complexity index is 915. The summed E-state index contributed by atoms with van der Waals surface area (Å²) in [6, 6.07) is 10.4. The number of hydrogen-bond acceptors (Lipinski definition) is 6. The van der Waals surface area contributed by atoms with Crippen LogP contribution >= 0.6 is 11.6 Å². The quantitative estimate of drug-likeness (QED) is 0.712. The van der Waals surface area contributed by atoms with Crippen molar-refractivity contribution in [2.75, 3.05) is 14.2 Å². The van der Waals surface area contributed by atoms with Crippen molar-refractivity contribution in [1.82, 2.24) is 25.5 Å². The van der Waals surface area contributed by atoms with Crippen molar-refractivity contribution in [3.63, 3.8) is 0 Å². The number of nitrogens with zero attached hydrogens (tertiary/aromatic N) is 4. The molecule has 0 unspecified atom stereocenters. The molecular formula is C17H16ClN5O3. The van der Waals surface area contributed by atoms with Gasteiger partial charge in [0.1, 0.15) is 6.33 Å². The molecule has 0 atom stereocenters. The molecule has 0 aliphatic carbocycles. The van der Waals surface area contributed by atoms with E-state index < -0.39 is 0 Å². The highest BCUT2D eigenvalue weighted by Gasteiger charge is 2.15. The lowest BCUT2D eigenvalue weighted by Crippen LogP contribution is -2.24. The zero-order chi connectivity index (χ0) is 18.5. The van der Waals surface area contributed by atoms with Crippen molar-refractivity contribution in [3.8, 4) is 17.2 Å². The maximum absolute atomic E-state index is 12.7. The molecular weight excluding hydrogens is 358 g/mol. The van der Waals surface area contributed by atoms with Crippen LogP contribution in [0.2, 0.25) is 5.02 Å². The summed E-state index contributed by atoms with van der Waals surface area (Å²) in [6.07, 6.45) is 1.41. The highest BCUT2D eigenvalue weighted by molar-refractivity contribution is 6.31. The number of nitrogens with one attached hydrogen (secondary N) is 1. The van der Waals surface area contributed by atoms with E-state index in [4.69, 9.17) is 21.1 Å². The monoisotopic (exact) mass is 373 g/mol. The van der Waals surface area contributed by atoms with Crippen LogP contribution in [0.5, 0.6) is 11.5 Å². The molecule has 0 saturated heterocycles. The van der Waals surface area contributed by atoms with Gasteiger partial charge in [-0.1, -0.05) is 17.7 Å². The molecule has 2 aromatic carbocycles. The summed E-state index contributed by atoms with van der Waals surface area (Å²) in [4.78, 5) is 12.7. The fourth-order valence-electron chi connectivity index (χ4n) is 2.43. The fraction of sp³-hybridized carbons (Fsp3) is 0.176. The minimum absolute atomic E-state index is 0.298. The van der Waals surface area contributed by atoms with Crippen molar-refractivity contribution >= 4 is 17.5 Å². The van der Waals surface area contributed by atoms with Crippen LogP contribution in [-0.4, -0.2) is 40.3 Å². The standard InChI is InChI=1S/C17H16ClN5O3/c1-25-15-6-3-11(7-16(15)26-2)9-19-17(24)13-8-12(18)4-5-14(13)23-10-20-21-22-23/h3-8,10H,9H2,1-2H3,(H,19,24). The van der Waals surface area contributed by atoms with Crippen LogP contribution in [0, 0.1) is 0 Å². The topological polar surface area (TPSA) is 91.2 Å². The molecule has 1 aromatic heterocycles. The molecule has 3 rings (SSSR count). The predicted octanol–water partition coefficient (Wildman–Crippen LogP) is 2.26. The average Bonchev–Trinajstić information content (AvgIpc) is 3.20. The van der Waals surface area contributed by atoms with Crippen molar-refractivity contribution in [1.29, 1.82) is 0 Å². The van der Waals surface area contributed by atoms with Gasteiger partial charge in [0.2, 0.25) is 0 Å². The Hall–Kier alpha value is -3.13. The van der Waals surface area contributed by atoms with Crippen LogP contribution in [0.3, 0.4) is 0 Å². The second-order valence-corrected chi connectivity index (χ2v) is 5.72. The van der Waals surface area contributed by atoms with Gasteiger partial charge >= 0.3 is 0 Å². The molecule has 0 aliphatic heterocycles. The number of hydrogen-bond donors (Lipinski definition) is 1. The number of carbonyl (C=O) groups excluding carboxylic acids is 1. The van der Waals surface area contributed by atoms with Gasteiger partial charge in [0.05, 0.1) is 25.5 Å². The van der Waals surface area contributed by atoms with Crippen molar-refractivity contribution in [2.24, 2.45) is 0 Å². The molecule has 134 valence electrons. The van der Waals surface area contributed by atoms with Gasteiger partial charge in [0.25, 0.3) is 5.91 Å². The van der Waals surface area contributed by atoms with Crippen LogP contribution in [-0.2, 0) is 6.54 Å². The second kappa shape index (κ2) is 7.83. The van der Waals surface area contributed by atoms with E-state index >= 15 is 0 Å². The molecule has 8 nitrogen and oxygen atoms in total. The van der Waals surface area contributed by atoms with E-state index in [0.717, 1.165) is 5.56 Å². The van der Waals surface area contributed by atoms with Crippen LogP contribution in [0.15, 0.2) is 42.7 Å². The minimum Gasteiger partial charge on any atom is -0.493 e. The van der Waals surface area contributed by atoms with Crippen LogP contribution in [0.4, 0.5) is 0 Å². The SMILES string of the molecule is COc1ccc(CNC(=O)c2cc(Cl)ccc2-n2cnnn2)cc1OC. The number of methoxy groups -OCH3 is 2. The Labute approximate surface area is 154 Å². The number of halogens is 1. The van der Waals surface area contributed by atoms with Crippen LogP contribution in [0.25, 0.3) is 5.69 Å². The van der Waals surface area contributed by atoms with E-state index in [0.29, 0.717) is 34.3 Å². The summed E-state index contributed by atoms with van der Waals surface area (Å²) in [5, 5.41) is 14.3. The molecule has 1 heterocycles. The summed E-state index contributed by atoms with van der Waals surface area (Å²) < 4.78 is 11.9. The maximum Gasteiger partial charge on any atom is 0.253 e. The molecule has 1 N–H and O–H groups in total. The van der Waals surface area contributed by atoms with Gasteiger partial charge in [0.15, 0.2) is 11.5 Å². The zero-order valence-electron chi connectivity index (χ0n) is 14.1. The number of carbonyl (C=O) groups is 1. The number of aromatic nitrogens is 4.